The maximum Gasteiger partial charge on any atom is 0.442 e. The minimum atomic E-state index is -4.95. The zero-order valence-electron chi connectivity index (χ0n) is 16.6. The standard InChI is InChI=1S/C22H23F3N4O/c1-15-9-8-14-18(26-15)27-21(22(23,24)25)20(30)29(17-12-6-3-7-13-17)19(28-21)16-10-4-2-5-11-16/h2,4-5,8-11,14,17H,3,6-7,12-13H2,1H3,(H,26,27). The van der Waals surface area contributed by atoms with E-state index in [2.05, 4.69) is 15.3 Å². The molecular weight excluding hydrogens is 393 g/mol. The molecule has 0 radical (unpaired) electrons. The molecule has 30 heavy (non-hydrogen) atoms. The van der Waals surface area contributed by atoms with Crippen LogP contribution in [0.25, 0.3) is 0 Å². The van der Waals surface area contributed by atoms with Gasteiger partial charge in [0.05, 0.1) is 0 Å². The summed E-state index contributed by atoms with van der Waals surface area (Å²) in [5.74, 6) is -1.07. The predicted molar refractivity (Wildman–Crippen MR) is 108 cm³/mol. The summed E-state index contributed by atoms with van der Waals surface area (Å²) in [7, 11) is 0. The van der Waals surface area contributed by atoms with Crippen molar-refractivity contribution in [1.29, 1.82) is 0 Å². The van der Waals surface area contributed by atoms with E-state index in [0.717, 1.165) is 19.3 Å². The number of nitrogens with zero attached hydrogens (tertiary/aromatic N) is 3. The highest BCUT2D eigenvalue weighted by Gasteiger charge is 2.67. The molecule has 4 rings (SSSR count). The Hall–Kier alpha value is -2.90. The molecule has 1 aliphatic heterocycles. The van der Waals surface area contributed by atoms with Crippen molar-refractivity contribution in [3.05, 3.63) is 59.8 Å². The molecule has 5 nitrogen and oxygen atoms in total. The number of carbonyl (C=O) groups excluding carboxylic acids is 1. The molecule has 2 aromatic rings. The number of alkyl halides is 3. The van der Waals surface area contributed by atoms with Gasteiger partial charge in [-0.1, -0.05) is 55.7 Å². The van der Waals surface area contributed by atoms with Gasteiger partial charge in [0.25, 0.3) is 5.91 Å². The lowest BCUT2D eigenvalue weighted by atomic mass is 9.93. The monoisotopic (exact) mass is 416 g/mol. The quantitative estimate of drug-likeness (QED) is 0.787. The van der Waals surface area contributed by atoms with Gasteiger partial charge in [0, 0.05) is 17.3 Å². The number of benzene rings is 1. The smallest absolute Gasteiger partial charge is 0.331 e. The van der Waals surface area contributed by atoms with Crippen molar-refractivity contribution >= 4 is 17.6 Å². The number of rotatable bonds is 4. The Labute approximate surface area is 173 Å². The maximum atomic E-state index is 14.4. The summed E-state index contributed by atoms with van der Waals surface area (Å²) in [4.78, 5) is 22.9. The average Bonchev–Trinajstić information content (AvgIpc) is 3.03. The SMILES string of the molecule is Cc1cccc(NC2(C(F)(F)F)N=C(c3ccccc3)N(C3CCCCC3)C2=O)n1. The maximum absolute atomic E-state index is 14.4. The van der Waals surface area contributed by atoms with Crippen molar-refractivity contribution in [3.8, 4) is 0 Å². The van der Waals surface area contributed by atoms with Crippen LogP contribution < -0.4 is 5.32 Å². The molecule has 1 saturated carbocycles. The van der Waals surface area contributed by atoms with Crippen LogP contribution in [0.2, 0.25) is 0 Å². The number of aryl methyl sites for hydroxylation is 1. The Morgan fingerprint density at radius 1 is 1.03 bits per heavy atom. The molecular formula is C22H23F3N4O. The molecule has 158 valence electrons. The number of amidine groups is 1. The van der Waals surface area contributed by atoms with E-state index in [1.54, 1.807) is 49.4 Å². The van der Waals surface area contributed by atoms with Crippen LogP contribution in [0.1, 0.15) is 43.4 Å². The molecule has 1 N–H and O–H groups in total. The van der Waals surface area contributed by atoms with Gasteiger partial charge in [0.2, 0.25) is 0 Å². The second kappa shape index (κ2) is 7.74. The largest absolute Gasteiger partial charge is 0.442 e. The number of hydrogen-bond acceptors (Lipinski definition) is 4. The van der Waals surface area contributed by atoms with Gasteiger partial charge in [-0.2, -0.15) is 13.2 Å². The van der Waals surface area contributed by atoms with E-state index in [0.29, 0.717) is 24.1 Å². The first-order valence-corrected chi connectivity index (χ1v) is 10.1. The van der Waals surface area contributed by atoms with E-state index >= 15 is 0 Å². The minimum absolute atomic E-state index is 0.0395. The second-order valence-corrected chi connectivity index (χ2v) is 7.77. The zero-order valence-corrected chi connectivity index (χ0v) is 16.6. The van der Waals surface area contributed by atoms with Gasteiger partial charge in [-0.05, 0) is 31.9 Å². The van der Waals surface area contributed by atoms with Crippen molar-refractivity contribution in [2.75, 3.05) is 5.32 Å². The van der Waals surface area contributed by atoms with Gasteiger partial charge in [-0.3, -0.25) is 9.69 Å². The Morgan fingerprint density at radius 2 is 1.73 bits per heavy atom. The van der Waals surface area contributed by atoms with E-state index in [1.807, 2.05) is 0 Å². The molecule has 0 bridgehead atoms. The van der Waals surface area contributed by atoms with Crippen molar-refractivity contribution in [2.24, 2.45) is 4.99 Å². The number of aliphatic imine (C=N–C) groups is 1. The lowest BCUT2D eigenvalue weighted by Gasteiger charge is -2.34. The van der Waals surface area contributed by atoms with Crippen molar-refractivity contribution < 1.29 is 18.0 Å². The summed E-state index contributed by atoms with van der Waals surface area (Å²) < 4.78 is 43.3. The van der Waals surface area contributed by atoms with E-state index in [4.69, 9.17) is 0 Å². The van der Waals surface area contributed by atoms with Crippen molar-refractivity contribution in [3.63, 3.8) is 0 Å². The van der Waals surface area contributed by atoms with Gasteiger partial charge < -0.3 is 5.32 Å². The zero-order chi connectivity index (χ0) is 21.4. The van der Waals surface area contributed by atoms with Crippen LogP contribution in [0, 0.1) is 6.92 Å². The van der Waals surface area contributed by atoms with Crippen LogP contribution in [0.3, 0.4) is 0 Å². The van der Waals surface area contributed by atoms with Crippen LogP contribution in [0.4, 0.5) is 19.0 Å². The second-order valence-electron chi connectivity index (χ2n) is 7.77. The summed E-state index contributed by atoms with van der Waals surface area (Å²) in [5, 5.41) is 2.34. The first-order chi connectivity index (χ1) is 14.3. The van der Waals surface area contributed by atoms with Gasteiger partial charge in [0.15, 0.2) is 0 Å². The molecule has 1 atom stereocenters. The molecule has 1 aliphatic carbocycles. The fraction of sp³-hybridized carbons (Fsp3) is 0.409. The highest BCUT2D eigenvalue weighted by molar-refractivity contribution is 6.16. The first-order valence-electron chi connectivity index (χ1n) is 10.1. The fourth-order valence-corrected chi connectivity index (χ4v) is 4.13. The number of nitrogens with one attached hydrogen (secondary N) is 1. The third-order valence-corrected chi connectivity index (χ3v) is 5.61. The molecule has 0 spiro atoms. The Bertz CT molecular complexity index is 954. The van der Waals surface area contributed by atoms with Crippen LogP contribution in [0.15, 0.2) is 53.5 Å². The third kappa shape index (κ3) is 3.55. The fourth-order valence-electron chi connectivity index (χ4n) is 4.13. The number of halogens is 3. The van der Waals surface area contributed by atoms with Gasteiger partial charge >= 0.3 is 11.8 Å². The molecule has 2 aliphatic rings. The number of amides is 1. The summed E-state index contributed by atoms with van der Waals surface area (Å²) >= 11 is 0. The lowest BCUT2D eigenvalue weighted by Crippen LogP contribution is -2.59. The van der Waals surface area contributed by atoms with E-state index in [9.17, 15) is 18.0 Å². The molecule has 1 unspecified atom stereocenters. The van der Waals surface area contributed by atoms with E-state index < -0.39 is 17.7 Å². The number of anilines is 1. The Kier molecular flexibility index (Phi) is 5.26. The lowest BCUT2D eigenvalue weighted by molar-refractivity contribution is -0.186. The number of pyridine rings is 1. The Morgan fingerprint density at radius 3 is 2.37 bits per heavy atom. The molecule has 1 fully saturated rings. The summed E-state index contributed by atoms with van der Waals surface area (Å²) in [5.41, 5.74) is -2.07. The highest BCUT2D eigenvalue weighted by Crippen LogP contribution is 2.42. The molecule has 8 heteroatoms. The molecule has 0 saturated heterocycles. The number of aromatic nitrogens is 1. The highest BCUT2D eigenvalue weighted by atomic mass is 19.4. The molecule has 1 aromatic carbocycles. The van der Waals surface area contributed by atoms with Gasteiger partial charge in [-0.25, -0.2) is 9.98 Å². The Balaban J connectivity index is 1.84. The normalized spacial score (nSPS) is 22.9. The molecule has 1 amide bonds. The van der Waals surface area contributed by atoms with Crippen LogP contribution in [-0.4, -0.2) is 39.5 Å². The third-order valence-electron chi connectivity index (χ3n) is 5.61. The van der Waals surface area contributed by atoms with Gasteiger partial charge in [0.1, 0.15) is 11.7 Å². The van der Waals surface area contributed by atoms with E-state index in [-0.39, 0.29) is 17.7 Å². The summed E-state index contributed by atoms with van der Waals surface area (Å²) in [6.07, 6.45) is -0.849. The molecule has 1 aromatic heterocycles. The summed E-state index contributed by atoms with van der Waals surface area (Å²) in [6, 6.07) is 13.0. The topological polar surface area (TPSA) is 57.6 Å². The van der Waals surface area contributed by atoms with Crippen molar-refractivity contribution in [1.82, 2.24) is 9.88 Å². The molecule has 2 heterocycles. The van der Waals surface area contributed by atoms with Gasteiger partial charge in [-0.15, -0.1) is 0 Å². The first kappa shape index (κ1) is 20.4. The van der Waals surface area contributed by atoms with Crippen LogP contribution in [0.5, 0.6) is 0 Å². The van der Waals surface area contributed by atoms with Crippen LogP contribution in [-0.2, 0) is 4.79 Å². The average molecular weight is 416 g/mol. The number of hydrogen-bond donors (Lipinski definition) is 1. The number of carbonyl (C=O) groups is 1. The predicted octanol–water partition coefficient (Wildman–Crippen LogP) is 4.68. The summed E-state index contributed by atoms with van der Waals surface area (Å²) in [6.45, 7) is 1.68. The van der Waals surface area contributed by atoms with E-state index in [1.165, 1.54) is 11.0 Å². The minimum Gasteiger partial charge on any atom is -0.331 e. The van der Waals surface area contributed by atoms with Crippen molar-refractivity contribution in [2.45, 2.75) is 56.9 Å². The van der Waals surface area contributed by atoms with Crippen LogP contribution >= 0.6 is 0 Å².